The van der Waals surface area contributed by atoms with E-state index >= 15 is 0 Å². The monoisotopic (exact) mass is 167 g/mol. The molecule has 0 bridgehead atoms. The molecule has 2 N–H and O–H groups in total. The summed E-state index contributed by atoms with van der Waals surface area (Å²) in [5.41, 5.74) is 0. The molecule has 1 aliphatic carbocycles. The zero-order chi connectivity index (χ0) is 8.81. The smallest absolute Gasteiger partial charge is 0.0578 e. The van der Waals surface area contributed by atoms with Gasteiger partial charge < -0.3 is 10.4 Å². The SMILES string of the molecule is CC#CCNC1CCCC1CO. The molecule has 0 heterocycles. The topological polar surface area (TPSA) is 32.3 Å². The number of rotatable bonds is 3. The van der Waals surface area contributed by atoms with Gasteiger partial charge in [-0.2, -0.15) is 0 Å². The molecule has 0 aromatic heterocycles. The molecule has 2 unspecified atom stereocenters. The largest absolute Gasteiger partial charge is 0.396 e. The zero-order valence-corrected chi connectivity index (χ0v) is 7.64. The van der Waals surface area contributed by atoms with Crippen LogP contribution in [0.5, 0.6) is 0 Å². The Kier molecular flexibility index (Phi) is 4.13. The van der Waals surface area contributed by atoms with Crippen LogP contribution in [0.15, 0.2) is 0 Å². The summed E-state index contributed by atoms with van der Waals surface area (Å²) >= 11 is 0. The molecular weight excluding hydrogens is 150 g/mol. The van der Waals surface area contributed by atoms with Crippen molar-refractivity contribution in [1.82, 2.24) is 5.32 Å². The summed E-state index contributed by atoms with van der Waals surface area (Å²) in [5.74, 6) is 6.29. The number of hydrogen-bond donors (Lipinski definition) is 2. The van der Waals surface area contributed by atoms with Crippen molar-refractivity contribution in [2.75, 3.05) is 13.2 Å². The normalized spacial score (nSPS) is 28.2. The van der Waals surface area contributed by atoms with Gasteiger partial charge in [-0.1, -0.05) is 12.3 Å². The lowest BCUT2D eigenvalue weighted by atomic mass is 10.1. The molecule has 2 heteroatoms. The van der Waals surface area contributed by atoms with Gasteiger partial charge >= 0.3 is 0 Å². The van der Waals surface area contributed by atoms with E-state index in [0.29, 0.717) is 18.6 Å². The predicted octanol–water partition coefficient (Wildman–Crippen LogP) is 0.760. The molecule has 2 nitrogen and oxygen atoms in total. The third-order valence-corrected chi connectivity index (χ3v) is 2.52. The van der Waals surface area contributed by atoms with Crippen LogP contribution in [0.2, 0.25) is 0 Å². The number of hydrogen-bond acceptors (Lipinski definition) is 2. The Bertz CT molecular complexity index is 180. The highest BCUT2D eigenvalue weighted by molar-refractivity contribution is 4.98. The highest BCUT2D eigenvalue weighted by atomic mass is 16.3. The van der Waals surface area contributed by atoms with Gasteiger partial charge in [-0.15, -0.1) is 5.92 Å². The maximum absolute atomic E-state index is 9.02. The summed E-state index contributed by atoms with van der Waals surface area (Å²) in [6, 6.07) is 0.496. The van der Waals surface area contributed by atoms with Crippen LogP contribution in [0.1, 0.15) is 26.2 Å². The standard InChI is InChI=1S/C10H17NO/c1-2-3-7-11-10-6-4-5-9(10)8-12/h9-12H,4-8H2,1H3. The van der Waals surface area contributed by atoms with E-state index in [4.69, 9.17) is 5.11 Å². The highest BCUT2D eigenvalue weighted by Gasteiger charge is 2.25. The van der Waals surface area contributed by atoms with Crippen molar-refractivity contribution in [3.8, 4) is 11.8 Å². The third kappa shape index (κ3) is 2.51. The fourth-order valence-electron chi connectivity index (χ4n) is 1.79. The molecule has 0 aliphatic heterocycles. The van der Waals surface area contributed by atoms with Gasteiger partial charge in [0.2, 0.25) is 0 Å². The molecular formula is C10H17NO. The fourth-order valence-corrected chi connectivity index (χ4v) is 1.79. The number of aliphatic hydroxyl groups excluding tert-OH is 1. The highest BCUT2D eigenvalue weighted by Crippen LogP contribution is 2.24. The predicted molar refractivity (Wildman–Crippen MR) is 49.7 cm³/mol. The molecule has 0 spiro atoms. The minimum absolute atomic E-state index is 0.317. The lowest BCUT2D eigenvalue weighted by Crippen LogP contribution is -2.34. The summed E-state index contributed by atoms with van der Waals surface area (Å²) in [5, 5.41) is 12.4. The Morgan fingerprint density at radius 1 is 1.50 bits per heavy atom. The molecule has 1 fully saturated rings. The van der Waals surface area contributed by atoms with Crippen molar-refractivity contribution in [2.45, 2.75) is 32.2 Å². The van der Waals surface area contributed by atoms with Crippen molar-refractivity contribution in [3.05, 3.63) is 0 Å². The second-order valence-corrected chi connectivity index (χ2v) is 3.29. The van der Waals surface area contributed by atoms with E-state index in [1.54, 1.807) is 0 Å². The van der Waals surface area contributed by atoms with Crippen LogP contribution < -0.4 is 5.32 Å². The van der Waals surface area contributed by atoms with E-state index < -0.39 is 0 Å². The summed E-state index contributed by atoms with van der Waals surface area (Å²) in [7, 11) is 0. The Labute approximate surface area is 74.4 Å². The average molecular weight is 167 g/mol. The Morgan fingerprint density at radius 2 is 2.33 bits per heavy atom. The first kappa shape index (κ1) is 9.57. The molecule has 68 valence electrons. The molecule has 0 amide bonds. The molecule has 0 aromatic rings. The minimum atomic E-state index is 0.317. The Morgan fingerprint density at radius 3 is 3.00 bits per heavy atom. The van der Waals surface area contributed by atoms with Crippen molar-refractivity contribution in [1.29, 1.82) is 0 Å². The van der Waals surface area contributed by atoms with Gasteiger partial charge in [0.15, 0.2) is 0 Å². The van der Waals surface area contributed by atoms with Crippen LogP contribution in [-0.4, -0.2) is 24.3 Å². The van der Waals surface area contributed by atoms with E-state index in [1.807, 2.05) is 6.92 Å². The molecule has 0 aromatic carbocycles. The average Bonchev–Trinajstić information content (AvgIpc) is 2.52. The van der Waals surface area contributed by atoms with E-state index in [2.05, 4.69) is 17.2 Å². The first-order valence-corrected chi connectivity index (χ1v) is 4.62. The molecule has 0 saturated heterocycles. The first-order chi connectivity index (χ1) is 5.88. The van der Waals surface area contributed by atoms with Gasteiger partial charge in [0.25, 0.3) is 0 Å². The third-order valence-electron chi connectivity index (χ3n) is 2.52. The van der Waals surface area contributed by atoms with E-state index in [1.165, 1.54) is 12.8 Å². The van der Waals surface area contributed by atoms with Gasteiger partial charge in [-0.3, -0.25) is 0 Å². The molecule has 0 radical (unpaired) electrons. The summed E-state index contributed by atoms with van der Waals surface area (Å²) in [6.07, 6.45) is 3.59. The maximum Gasteiger partial charge on any atom is 0.0578 e. The molecule has 1 rings (SSSR count). The second kappa shape index (κ2) is 5.18. The van der Waals surface area contributed by atoms with E-state index in [0.717, 1.165) is 13.0 Å². The van der Waals surface area contributed by atoms with Crippen LogP contribution in [0.4, 0.5) is 0 Å². The van der Waals surface area contributed by atoms with Crippen molar-refractivity contribution >= 4 is 0 Å². The maximum atomic E-state index is 9.02. The quantitative estimate of drug-likeness (QED) is 0.608. The molecule has 2 atom stereocenters. The summed E-state index contributed by atoms with van der Waals surface area (Å²) < 4.78 is 0. The van der Waals surface area contributed by atoms with Crippen LogP contribution in [0, 0.1) is 17.8 Å². The lowest BCUT2D eigenvalue weighted by Gasteiger charge is -2.17. The van der Waals surface area contributed by atoms with Crippen LogP contribution in [-0.2, 0) is 0 Å². The van der Waals surface area contributed by atoms with Crippen molar-refractivity contribution < 1.29 is 5.11 Å². The van der Waals surface area contributed by atoms with E-state index in [-0.39, 0.29) is 0 Å². The molecule has 12 heavy (non-hydrogen) atoms. The Hall–Kier alpha value is -0.520. The van der Waals surface area contributed by atoms with Crippen LogP contribution in [0.25, 0.3) is 0 Å². The van der Waals surface area contributed by atoms with Gasteiger partial charge in [0.1, 0.15) is 0 Å². The van der Waals surface area contributed by atoms with Gasteiger partial charge in [0, 0.05) is 12.6 Å². The molecule has 1 aliphatic rings. The summed E-state index contributed by atoms with van der Waals surface area (Å²) in [6.45, 7) is 2.93. The summed E-state index contributed by atoms with van der Waals surface area (Å²) in [4.78, 5) is 0. The first-order valence-electron chi connectivity index (χ1n) is 4.62. The lowest BCUT2D eigenvalue weighted by molar-refractivity contribution is 0.207. The van der Waals surface area contributed by atoms with Crippen LogP contribution >= 0.6 is 0 Å². The van der Waals surface area contributed by atoms with Gasteiger partial charge in [-0.25, -0.2) is 0 Å². The Balaban J connectivity index is 2.24. The second-order valence-electron chi connectivity index (χ2n) is 3.29. The number of aliphatic hydroxyl groups is 1. The van der Waals surface area contributed by atoms with Gasteiger partial charge in [0.05, 0.1) is 6.54 Å². The minimum Gasteiger partial charge on any atom is -0.396 e. The van der Waals surface area contributed by atoms with Crippen molar-refractivity contribution in [3.63, 3.8) is 0 Å². The fraction of sp³-hybridized carbons (Fsp3) is 0.800. The van der Waals surface area contributed by atoms with Crippen molar-refractivity contribution in [2.24, 2.45) is 5.92 Å². The zero-order valence-electron chi connectivity index (χ0n) is 7.64. The number of nitrogens with one attached hydrogen (secondary N) is 1. The van der Waals surface area contributed by atoms with Gasteiger partial charge in [-0.05, 0) is 25.7 Å². The molecule has 1 saturated carbocycles. The van der Waals surface area contributed by atoms with E-state index in [9.17, 15) is 0 Å². The van der Waals surface area contributed by atoms with Crippen LogP contribution in [0.3, 0.4) is 0 Å².